The molecule has 0 heterocycles. The molecule has 2 amide bonds. The number of carbonyl (C=O) groups is 2. The predicted molar refractivity (Wildman–Crippen MR) is 96.6 cm³/mol. The molecule has 5 nitrogen and oxygen atoms in total. The summed E-state index contributed by atoms with van der Waals surface area (Å²) in [4.78, 5) is 25.9. The maximum Gasteiger partial charge on any atom is 0.238 e. The van der Waals surface area contributed by atoms with E-state index in [1.54, 1.807) is 18.0 Å². The maximum absolute atomic E-state index is 13.1. The largest absolute Gasteiger partial charge is 0.352 e. The maximum atomic E-state index is 13.1. The third-order valence-corrected chi connectivity index (χ3v) is 4.99. The summed E-state index contributed by atoms with van der Waals surface area (Å²) >= 11 is 0. The average Bonchev–Trinajstić information content (AvgIpc) is 2.51. The normalized spacial score (nSPS) is 23.3. The van der Waals surface area contributed by atoms with Crippen molar-refractivity contribution in [3.8, 4) is 0 Å². The number of amides is 2. The summed E-state index contributed by atoms with van der Waals surface area (Å²) in [5.41, 5.74) is 0.410. The molecule has 6 heteroatoms. The SMILES string of the molecule is C[C@@H]1[C@H](C)CCC[C@@H]1NC(=O)CN(C)CC(=O)Nc1cccc(F)c1. The number of hydrogen-bond donors (Lipinski definition) is 2. The number of nitrogens with zero attached hydrogens (tertiary/aromatic N) is 1. The highest BCUT2D eigenvalue weighted by molar-refractivity contribution is 5.92. The molecule has 1 aromatic carbocycles. The molecule has 0 aromatic heterocycles. The van der Waals surface area contributed by atoms with Crippen LogP contribution < -0.4 is 10.6 Å². The Morgan fingerprint density at radius 3 is 2.64 bits per heavy atom. The topological polar surface area (TPSA) is 61.4 Å². The monoisotopic (exact) mass is 349 g/mol. The third kappa shape index (κ3) is 6.12. The van der Waals surface area contributed by atoms with E-state index in [9.17, 15) is 14.0 Å². The van der Waals surface area contributed by atoms with E-state index in [2.05, 4.69) is 24.5 Å². The van der Waals surface area contributed by atoms with E-state index in [0.717, 1.165) is 12.8 Å². The lowest BCUT2D eigenvalue weighted by atomic mass is 9.78. The lowest BCUT2D eigenvalue weighted by Gasteiger charge is -2.34. The fourth-order valence-corrected chi connectivity index (χ4v) is 3.35. The molecule has 138 valence electrons. The summed E-state index contributed by atoms with van der Waals surface area (Å²) in [5, 5.41) is 5.73. The quantitative estimate of drug-likeness (QED) is 0.830. The van der Waals surface area contributed by atoms with Crippen LogP contribution >= 0.6 is 0 Å². The molecule has 0 saturated heterocycles. The molecule has 1 aliphatic carbocycles. The van der Waals surface area contributed by atoms with Gasteiger partial charge in [0.15, 0.2) is 0 Å². The Bertz CT molecular complexity index is 608. The number of anilines is 1. The van der Waals surface area contributed by atoms with E-state index in [0.29, 0.717) is 17.5 Å². The Morgan fingerprint density at radius 1 is 1.20 bits per heavy atom. The van der Waals surface area contributed by atoms with Crippen LogP contribution in [0.4, 0.5) is 10.1 Å². The highest BCUT2D eigenvalue weighted by Gasteiger charge is 2.28. The molecule has 0 aliphatic heterocycles. The second kappa shape index (κ2) is 8.94. The van der Waals surface area contributed by atoms with Crippen LogP contribution in [0.15, 0.2) is 24.3 Å². The van der Waals surface area contributed by atoms with Gasteiger partial charge in [-0.05, 0) is 43.5 Å². The first-order chi connectivity index (χ1) is 11.8. The van der Waals surface area contributed by atoms with Crippen molar-refractivity contribution in [1.29, 1.82) is 0 Å². The van der Waals surface area contributed by atoms with Gasteiger partial charge in [0.2, 0.25) is 11.8 Å². The fourth-order valence-electron chi connectivity index (χ4n) is 3.35. The van der Waals surface area contributed by atoms with E-state index < -0.39 is 5.82 Å². The van der Waals surface area contributed by atoms with E-state index in [-0.39, 0.29) is 30.9 Å². The summed E-state index contributed by atoms with van der Waals surface area (Å²) in [6.45, 7) is 4.64. The number of halogens is 1. The minimum Gasteiger partial charge on any atom is -0.352 e. The van der Waals surface area contributed by atoms with E-state index in [4.69, 9.17) is 0 Å². The second-order valence-corrected chi connectivity index (χ2v) is 7.17. The highest BCUT2D eigenvalue weighted by Crippen LogP contribution is 2.29. The molecular formula is C19H28FN3O2. The Labute approximate surface area is 149 Å². The van der Waals surface area contributed by atoms with Crippen LogP contribution in [-0.4, -0.2) is 42.9 Å². The molecule has 0 spiro atoms. The van der Waals surface area contributed by atoms with Gasteiger partial charge in [-0.1, -0.05) is 32.8 Å². The predicted octanol–water partition coefficient (Wildman–Crippen LogP) is 2.64. The molecule has 1 saturated carbocycles. The standard InChI is InChI=1S/C19H28FN3O2/c1-13-6-4-9-17(14(13)2)22-19(25)12-23(3)11-18(24)21-16-8-5-7-15(20)10-16/h5,7-8,10,13-14,17H,4,6,9,11-12H2,1-3H3,(H,21,24)(H,22,25)/t13-,14-,17+/m1/s1. The first kappa shape index (κ1) is 19.4. The van der Waals surface area contributed by atoms with Crippen molar-refractivity contribution in [1.82, 2.24) is 10.2 Å². The van der Waals surface area contributed by atoms with Gasteiger partial charge in [0.1, 0.15) is 5.82 Å². The molecule has 3 atom stereocenters. The van der Waals surface area contributed by atoms with Crippen molar-refractivity contribution in [2.24, 2.45) is 11.8 Å². The van der Waals surface area contributed by atoms with Crippen LogP contribution in [0.25, 0.3) is 0 Å². The molecule has 1 fully saturated rings. The van der Waals surface area contributed by atoms with Gasteiger partial charge in [-0.2, -0.15) is 0 Å². The summed E-state index contributed by atoms with van der Waals surface area (Å²) in [6, 6.07) is 5.95. The van der Waals surface area contributed by atoms with Crippen LogP contribution in [0, 0.1) is 17.7 Å². The van der Waals surface area contributed by atoms with Gasteiger partial charge in [-0.15, -0.1) is 0 Å². The van der Waals surface area contributed by atoms with Crippen molar-refractivity contribution >= 4 is 17.5 Å². The van der Waals surface area contributed by atoms with Crippen LogP contribution in [0.2, 0.25) is 0 Å². The van der Waals surface area contributed by atoms with Crippen LogP contribution in [-0.2, 0) is 9.59 Å². The lowest BCUT2D eigenvalue weighted by molar-refractivity contribution is -0.124. The first-order valence-corrected chi connectivity index (χ1v) is 8.88. The molecule has 2 rings (SSSR count). The fraction of sp³-hybridized carbons (Fsp3) is 0.579. The highest BCUT2D eigenvalue weighted by atomic mass is 19.1. The molecule has 1 aromatic rings. The van der Waals surface area contributed by atoms with Crippen molar-refractivity contribution in [3.63, 3.8) is 0 Å². The zero-order valence-corrected chi connectivity index (χ0v) is 15.2. The minimum atomic E-state index is -0.402. The second-order valence-electron chi connectivity index (χ2n) is 7.17. The van der Waals surface area contributed by atoms with Crippen LogP contribution in [0.3, 0.4) is 0 Å². The third-order valence-electron chi connectivity index (χ3n) is 4.99. The van der Waals surface area contributed by atoms with Crippen molar-refractivity contribution in [3.05, 3.63) is 30.1 Å². The van der Waals surface area contributed by atoms with Gasteiger partial charge in [0.25, 0.3) is 0 Å². The summed E-state index contributed by atoms with van der Waals surface area (Å²) in [6.07, 6.45) is 3.37. The zero-order valence-electron chi connectivity index (χ0n) is 15.2. The Hall–Kier alpha value is -1.95. The number of rotatable bonds is 6. The smallest absolute Gasteiger partial charge is 0.238 e. The first-order valence-electron chi connectivity index (χ1n) is 8.88. The van der Waals surface area contributed by atoms with Gasteiger partial charge in [-0.25, -0.2) is 4.39 Å². The Balaban J connectivity index is 1.76. The molecule has 0 unspecified atom stereocenters. The molecule has 2 N–H and O–H groups in total. The van der Waals surface area contributed by atoms with Crippen LogP contribution in [0.5, 0.6) is 0 Å². The van der Waals surface area contributed by atoms with Crippen molar-refractivity contribution in [2.75, 3.05) is 25.5 Å². The molecular weight excluding hydrogens is 321 g/mol. The Morgan fingerprint density at radius 2 is 1.92 bits per heavy atom. The minimum absolute atomic E-state index is 0.0630. The average molecular weight is 349 g/mol. The van der Waals surface area contributed by atoms with Crippen molar-refractivity contribution in [2.45, 2.75) is 39.2 Å². The van der Waals surface area contributed by atoms with E-state index in [1.165, 1.54) is 24.6 Å². The molecule has 0 radical (unpaired) electrons. The summed E-state index contributed by atoms with van der Waals surface area (Å²) in [7, 11) is 1.72. The molecule has 1 aliphatic rings. The number of benzene rings is 1. The Kier molecular flexibility index (Phi) is 6.93. The lowest BCUT2D eigenvalue weighted by Crippen LogP contribution is -2.47. The summed E-state index contributed by atoms with van der Waals surface area (Å²) in [5.74, 6) is 0.349. The van der Waals surface area contributed by atoms with Gasteiger partial charge in [0.05, 0.1) is 13.1 Å². The van der Waals surface area contributed by atoms with E-state index in [1.807, 2.05) is 0 Å². The number of carbonyl (C=O) groups excluding carboxylic acids is 2. The summed E-state index contributed by atoms with van der Waals surface area (Å²) < 4.78 is 13.1. The van der Waals surface area contributed by atoms with Gasteiger partial charge in [0, 0.05) is 11.7 Å². The van der Waals surface area contributed by atoms with Crippen LogP contribution in [0.1, 0.15) is 33.1 Å². The number of nitrogens with one attached hydrogen (secondary N) is 2. The number of hydrogen-bond acceptors (Lipinski definition) is 3. The molecule has 0 bridgehead atoms. The van der Waals surface area contributed by atoms with Gasteiger partial charge < -0.3 is 10.6 Å². The van der Waals surface area contributed by atoms with Gasteiger partial charge in [-0.3, -0.25) is 14.5 Å². The van der Waals surface area contributed by atoms with Gasteiger partial charge >= 0.3 is 0 Å². The van der Waals surface area contributed by atoms with E-state index >= 15 is 0 Å². The van der Waals surface area contributed by atoms with Crippen molar-refractivity contribution < 1.29 is 14.0 Å². The molecule has 25 heavy (non-hydrogen) atoms. The zero-order chi connectivity index (χ0) is 18.4. The number of likely N-dealkylation sites (N-methyl/N-ethyl adjacent to an activating group) is 1.